The van der Waals surface area contributed by atoms with Crippen LogP contribution in [0.3, 0.4) is 0 Å². The lowest BCUT2D eigenvalue weighted by atomic mass is 9.81. The van der Waals surface area contributed by atoms with Crippen LogP contribution in [0, 0.1) is 0 Å². The fraction of sp³-hybridized carbons (Fsp3) is 0.550. The molecule has 1 aromatic carbocycles. The van der Waals surface area contributed by atoms with Crippen LogP contribution in [0.1, 0.15) is 60.7 Å². The van der Waals surface area contributed by atoms with Gasteiger partial charge in [0.1, 0.15) is 17.0 Å². The molecule has 0 aromatic heterocycles. The van der Waals surface area contributed by atoms with Crippen molar-refractivity contribution in [1.29, 1.82) is 0 Å². The van der Waals surface area contributed by atoms with Crippen LogP contribution in [0.25, 0.3) is 0 Å². The third-order valence-corrected chi connectivity index (χ3v) is 4.64. The van der Waals surface area contributed by atoms with Crippen molar-refractivity contribution in [1.82, 2.24) is 4.90 Å². The quantitative estimate of drug-likeness (QED) is 0.792. The number of ether oxygens (including phenoxy) is 2. The molecule has 1 spiro atoms. The Morgan fingerprint density at radius 3 is 2.41 bits per heavy atom. The number of hydrogen-bond acceptors (Lipinski definition) is 6. The maximum atomic E-state index is 12.4. The molecule has 7 heteroatoms. The van der Waals surface area contributed by atoms with E-state index in [0.717, 1.165) is 25.9 Å². The Balaban J connectivity index is 0.000000321. The Bertz CT molecular complexity index is 714. The van der Waals surface area contributed by atoms with Crippen LogP contribution in [-0.2, 0) is 9.53 Å². The Morgan fingerprint density at radius 2 is 1.93 bits per heavy atom. The lowest BCUT2D eigenvalue weighted by Crippen LogP contribution is -2.50. The number of ketones is 1. The first-order valence-electron chi connectivity index (χ1n) is 8.95. The van der Waals surface area contributed by atoms with Crippen molar-refractivity contribution in [2.45, 2.75) is 51.2 Å². The number of carbonyl (C=O) groups is 3. The van der Waals surface area contributed by atoms with Gasteiger partial charge in [-0.2, -0.15) is 0 Å². The highest BCUT2D eigenvalue weighted by molar-refractivity contribution is 6.08. The van der Waals surface area contributed by atoms with Gasteiger partial charge in [0.15, 0.2) is 5.78 Å². The fourth-order valence-corrected chi connectivity index (χ4v) is 3.18. The maximum Gasteiger partial charge on any atom is 0.336 e. The van der Waals surface area contributed by atoms with E-state index in [9.17, 15) is 19.5 Å². The average molecular weight is 377 g/mol. The van der Waals surface area contributed by atoms with Crippen molar-refractivity contribution in [3.63, 3.8) is 0 Å². The van der Waals surface area contributed by atoms with Gasteiger partial charge < -0.3 is 19.5 Å². The highest BCUT2D eigenvalue weighted by Crippen LogP contribution is 2.40. The van der Waals surface area contributed by atoms with Gasteiger partial charge in [-0.25, -0.2) is 4.79 Å². The van der Waals surface area contributed by atoms with Crippen molar-refractivity contribution in [2.24, 2.45) is 0 Å². The first-order chi connectivity index (χ1) is 12.6. The third-order valence-electron chi connectivity index (χ3n) is 4.64. The summed E-state index contributed by atoms with van der Waals surface area (Å²) in [6, 6.07) is 4.78. The van der Waals surface area contributed by atoms with Gasteiger partial charge in [0, 0.05) is 25.9 Å². The number of aromatic carboxylic acids is 1. The number of piperidine rings is 1. The molecule has 7 nitrogen and oxygen atoms in total. The molecule has 0 bridgehead atoms. The second kappa shape index (κ2) is 8.08. The van der Waals surface area contributed by atoms with Gasteiger partial charge in [0.2, 0.25) is 0 Å². The van der Waals surface area contributed by atoms with Crippen molar-refractivity contribution < 1.29 is 29.0 Å². The maximum absolute atomic E-state index is 12.4. The smallest absolute Gasteiger partial charge is 0.336 e. The molecular weight excluding hydrogens is 350 g/mol. The van der Waals surface area contributed by atoms with E-state index in [1.54, 1.807) is 12.1 Å². The van der Waals surface area contributed by atoms with Crippen LogP contribution in [0.15, 0.2) is 18.2 Å². The minimum Gasteiger partial charge on any atom is -0.486 e. The normalized spacial score (nSPS) is 18.6. The zero-order chi connectivity index (χ0) is 20.2. The molecule has 27 heavy (non-hydrogen) atoms. The van der Waals surface area contributed by atoms with Gasteiger partial charge in [-0.15, -0.1) is 0 Å². The molecule has 0 radical (unpaired) electrons. The number of benzene rings is 1. The summed E-state index contributed by atoms with van der Waals surface area (Å²) in [5.41, 5.74) is -0.505. The molecule has 3 rings (SSSR count). The zero-order valence-electron chi connectivity index (χ0n) is 16.3. The molecule has 1 fully saturated rings. The summed E-state index contributed by atoms with van der Waals surface area (Å²) in [5, 5.41) is 9.18. The monoisotopic (exact) mass is 377 g/mol. The number of likely N-dealkylation sites (tertiary alicyclic amines) is 1. The van der Waals surface area contributed by atoms with E-state index in [1.807, 2.05) is 27.8 Å². The Kier molecular flexibility index (Phi) is 6.26. The first-order valence-corrected chi connectivity index (χ1v) is 8.95. The van der Waals surface area contributed by atoms with Gasteiger partial charge in [-0.3, -0.25) is 9.59 Å². The molecular formula is C20H27NO6. The van der Waals surface area contributed by atoms with E-state index < -0.39 is 11.6 Å². The second-order valence-corrected chi connectivity index (χ2v) is 8.00. The molecule has 0 amide bonds. The minimum absolute atomic E-state index is 0.0373. The number of hydrogen-bond donors (Lipinski definition) is 1. The van der Waals surface area contributed by atoms with Crippen LogP contribution in [-0.4, -0.2) is 59.6 Å². The zero-order valence-corrected chi connectivity index (χ0v) is 16.3. The van der Waals surface area contributed by atoms with Gasteiger partial charge in [-0.05, 0) is 40.0 Å². The van der Waals surface area contributed by atoms with Crippen molar-refractivity contribution >= 4 is 18.2 Å². The molecule has 0 atom stereocenters. The molecule has 0 unspecified atom stereocenters. The lowest BCUT2D eigenvalue weighted by Gasteiger charge is -2.43. The summed E-state index contributed by atoms with van der Waals surface area (Å²) in [4.78, 5) is 35.4. The fourth-order valence-electron chi connectivity index (χ4n) is 3.18. The van der Waals surface area contributed by atoms with Gasteiger partial charge in [0.25, 0.3) is 6.47 Å². The molecule has 2 aliphatic heterocycles. The van der Waals surface area contributed by atoms with Crippen LogP contribution in [0.5, 0.6) is 5.75 Å². The van der Waals surface area contributed by atoms with E-state index >= 15 is 0 Å². The molecule has 1 aromatic rings. The predicted octanol–water partition coefficient (Wildman–Crippen LogP) is 2.77. The molecule has 2 heterocycles. The largest absolute Gasteiger partial charge is 0.486 e. The molecule has 2 aliphatic rings. The first kappa shape index (κ1) is 20.9. The highest BCUT2D eigenvalue weighted by Gasteiger charge is 2.43. The number of Topliss-reactive ketones (excluding diaryl/α,β-unsaturated/α-hetero) is 1. The number of nitrogens with zero attached hydrogens (tertiary/aromatic N) is 1. The Labute approximate surface area is 159 Å². The summed E-state index contributed by atoms with van der Waals surface area (Å²) in [7, 11) is 2.05. The van der Waals surface area contributed by atoms with Crippen LogP contribution < -0.4 is 4.74 Å². The molecule has 148 valence electrons. The highest BCUT2D eigenvalue weighted by atomic mass is 16.5. The SMILES string of the molecule is CC(C)(C)OC=O.CN1CCC2(CC1)CC(=O)c1c(cccc1C(=O)O)O2. The van der Waals surface area contributed by atoms with E-state index in [4.69, 9.17) is 4.74 Å². The number of carboxylic acids is 1. The minimum atomic E-state index is -1.09. The van der Waals surface area contributed by atoms with Crippen molar-refractivity contribution in [3.8, 4) is 5.75 Å². The summed E-state index contributed by atoms with van der Waals surface area (Å²) >= 11 is 0. The molecule has 0 aliphatic carbocycles. The second-order valence-electron chi connectivity index (χ2n) is 8.00. The molecule has 1 saturated heterocycles. The number of carbonyl (C=O) groups excluding carboxylic acids is 2. The topological polar surface area (TPSA) is 93.1 Å². The lowest BCUT2D eigenvalue weighted by molar-refractivity contribution is -0.138. The van der Waals surface area contributed by atoms with Crippen LogP contribution >= 0.6 is 0 Å². The summed E-state index contributed by atoms with van der Waals surface area (Å²) in [5.74, 6) is -0.780. The van der Waals surface area contributed by atoms with E-state index in [1.165, 1.54) is 6.07 Å². The van der Waals surface area contributed by atoms with E-state index in [-0.39, 0.29) is 28.9 Å². The number of rotatable bonds is 2. The number of carboxylic acid groups (broad SMARTS) is 1. The van der Waals surface area contributed by atoms with Gasteiger partial charge >= 0.3 is 5.97 Å². The summed E-state index contributed by atoms with van der Waals surface area (Å²) in [6.07, 6.45) is 1.87. The Morgan fingerprint density at radius 1 is 1.30 bits per heavy atom. The predicted molar refractivity (Wildman–Crippen MR) is 99.3 cm³/mol. The third kappa shape index (κ3) is 5.29. The van der Waals surface area contributed by atoms with Gasteiger partial charge in [-0.1, -0.05) is 6.07 Å². The number of fused-ring (bicyclic) bond motifs is 1. The summed E-state index contributed by atoms with van der Waals surface area (Å²) in [6.45, 7) is 7.70. The van der Waals surface area contributed by atoms with Crippen LogP contribution in [0.2, 0.25) is 0 Å². The van der Waals surface area contributed by atoms with E-state index in [0.29, 0.717) is 12.2 Å². The van der Waals surface area contributed by atoms with Gasteiger partial charge in [0.05, 0.1) is 17.5 Å². The van der Waals surface area contributed by atoms with Crippen molar-refractivity contribution in [3.05, 3.63) is 29.3 Å². The Hall–Kier alpha value is -2.41. The van der Waals surface area contributed by atoms with Crippen LogP contribution in [0.4, 0.5) is 0 Å². The van der Waals surface area contributed by atoms with Crippen molar-refractivity contribution in [2.75, 3.05) is 20.1 Å². The standard InChI is InChI=1S/C15H17NO4.C5H10O2/c1-16-7-5-15(6-8-16)9-11(17)13-10(14(18)19)3-2-4-12(13)20-15;1-5(2,3)7-4-6/h2-4H,5-9H2,1H3,(H,18,19);4H,1-3H3. The average Bonchev–Trinajstić information content (AvgIpc) is 2.56. The molecule has 0 saturated carbocycles. The molecule has 1 N–H and O–H groups in total. The summed E-state index contributed by atoms with van der Waals surface area (Å²) < 4.78 is 10.6. The van der Waals surface area contributed by atoms with E-state index in [2.05, 4.69) is 9.64 Å².